The van der Waals surface area contributed by atoms with E-state index in [-0.39, 0.29) is 5.56 Å². The topological polar surface area (TPSA) is 97.8 Å². The van der Waals surface area contributed by atoms with E-state index >= 15 is 0 Å². The number of furan rings is 1. The number of thioether (sulfide) groups is 1. The van der Waals surface area contributed by atoms with Crippen LogP contribution in [0.25, 0.3) is 22.6 Å². The summed E-state index contributed by atoms with van der Waals surface area (Å²) in [6, 6.07) is 9.03. The second-order valence-electron chi connectivity index (χ2n) is 5.12. The summed E-state index contributed by atoms with van der Waals surface area (Å²) in [5, 5.41) is 8.85. The standard InChI is InChI=1S/C16H12N4O3S/c1-9-4-2-5-10-13(9)17-12(18-14(10)21)8-24-16-20-19-15(23-16)11-6-3-7-22-11/h2-7H,8H2,1H3,(H,17,18,21). The summed E-state index contributed by atoms with van der Waals surface area (Å²) in [4.78, 5) is 19.5. The van der Waals surface area contributed by atoms with Crippen LogP contribution in [0.4, 0.5) is 0 Å². The lowest BCUT2D eigenvalue weighted by atomic mass is 10.1. The fraction of sp³-hybridized carbons (Fsp3) is 0.125. The molecule has 3 heterocycles. The molecule has 0 spiro atoms. The normalized spacial score (nSPS) is 11.2. The minimum absolute atomic E-state index is 0.152. The zero-order valence-corrected chi connectivity index (χ0v) is 13.5. The SMILES string of the molecule is Cc1cccc2c(=O)[nH]c(CSc3nnc(-c4ccco4)o3)nc12. The van der Waals surface area contributed by atoms with Crippen molar-refractivity contribution in [1.82, 2.24) is 20.2 Å². The summed E-state index contributed by atoms with van der Waals surface area (Å²) in [5.74, 6) is 1.81. The van der Waals surface area contributed by atoms with Gasteiger partial charge in [-0.15, -0.1) is 10.2 Å². The molecular formula is C16H12N4O3S. The first-order valence-electron chi connectivity index (χ1n) is 7.19. The van der Waals surface area contributed by atoms with E-state index in [1.54, 1.807) is 24.5 Å². The highest BCUT2D eigenvalue weighted by Crippen LogP contribution is 2.25. The molecule has 0 saturated heterocycles. The fourth-order valence-electron chi connectivity index (χ4n) is 2.32. The van der Waals surface area contributed by atoms with Crippen LogP contribution in [0.3, 0.4) is 0 Å². The molecule has 4 rings (SSSR count). The van der Waals surface area contributed by atoms with Crippen molar-refractivity contribution in [3.8, 4) is 11.7 Å². The molecule has 7 nitrogen and oxygen atoms in total. The van der Waals surface area contributed by atoms with Gasteiger partial charge in [0, 0.05) is 0 Å². The van der Waals surface area contributed by atoms with Gasteiger partial charge in [0.2, 0.25) is 0 Å². The van der Waals surface area contributed by atoms with Crippen molar-refractivity contribution in [1.29, 1.82) is 0 Å². The van der Waals surface area contributed by atoms with Crippen molar-refractivity contribution in [3.05, 3.63) is 58.3 Å². The Labute approximate surface area is 140 Å². The number of aryl methyl sites for hydroxylation is 1. The quantitative estimate of drug-likeness (QED) is 0.570. The van der Waals surface area contributed by atoms with Crippen molar-refractivity contribution in [2.45, 2.75) is 17.9 Å². The van der Waals surface area contributed by atoms with Crippen LogP contribution in [0.2, 0.25) is 0 Å². The maximum Gasteiger partial charge on any atom is 0.284 e. The first-order valence-corrected chi connectivity index (χ1v) is 8.18. The molecule has 0 radical (unpaired) electrons. The zero-order valence-electron chi connectivity index (χ0n) is 12.6. The Hall–Kier alpha value is -2.87. The molecule has 0 unspecified atom stereocenters. The van der Waals surface area contributed by atoms with Crippen molar-refractivity contribution in [2.75, 3.05) is 0 Å². The fourth-order valence-corrected chi connectivity index (χ4v) is 2.95. The van der Waals surface area contributed by atoms with E-state index in [1.165, 1.54) is 11.8 Å². The summed E-state index contributed by atoms with van der Waals surface area (Å²) < 4.78 is 10.7. The maximum atomic E-state index is 12.2. The molecule has 0 fully saturated rings. The minimum Gasteiger partial charge on any atom is -0.459 e. The molecule has 0 aliphatic rings. The highest BCUT2D eigenvalue weighted by atomic mass is 32.2. The summed E-state index contributed by atoms with van der Waals surface area (Å²) >= 11 is 1.30. The van der Waals surface area contributed by atoms with Crippen LogP contribution in [0.5, 0.6) is 0 Å². The van der Waals surface area contributed by atoms with Crippen molar-refractivity contribution in [2.24, 2.45) is 0 Å². The Bertz CT molecular complexity index is 1050. The third kappa shape index (κ3) is 2.71. The van der Waals surface area contributed by atoms with Crippen molar-refractivity contribution in [3.63, 3.8) is 0 Å². The van der Waals surface area contributed by atoms with Crippen LogP contribution in [0.1, 0.15) is 11.4 Å². The van der Waals surface area contributed by atoms with Gasteiger partial charge < -0.3 is 13.8 Å². The Morgan fingerprint density at radius 2 is 2.12 bits per heavy atom. The first kappa shape index (κ1) is 14.7. The number of rotatable bonds is 4. The molecule has 1 aromatic carbocycles. The molecule has 0 saturated carbocycles. The second-order valence-corrected chi connectivity index (χ2v) is 6.05. The molecule has 120 valence electrons. The number of nitrogens with one attached hydrogen (secondary N) is 1. The summed E-state index contributed by atoms with van der Waals surface area (Å²) in [6.45, 7) is 1.93. The molecular weight excluding hydrogens is 328 g/mol. The lowest BCUT2D eigenvalue weighted by molar-refractivity contribution is 0.447. The summed E-state index contributed by atoms with van der Waals surface area (Å²) in [5.41, 5.74) is 1.52. The predicted octanol–water partition coefficient (Wildman–Crippen LogP) is 3.17. The van der Waals surface area contributed by atoms with Gasteiger partial charge >= 0.3 is 0 Å². The Morgan fingerprint density at radius 3 is 2.96 bits per heavy atom. The van der Waals surface area contributed by atoms with E-state index in [9.17, 15) is 4.79 Å². The van der Waals surface area contributed by atoms with Crippen molar-refractivity contribution < 1.29 is 8.83 Å². The summed E-state index contributed by atoms with van der Waals surface area (Å²) in [7, 11) is 0. The van der Waals surface area contributed by atoms with Crippen LogP contribution in [0, 0.1) is 6.92 Å². The van der Waals surface area contributed by atoms with Gasteiger partial charge in [-0.2, -0.15) is 0 Å². The second kappa shape index (κ2) is 5.97. The average molecular weight is 340 g/mol. The maximum absolute atomic E-state index is 12.2. The largest absolute Gasteiger partial charge is 0.459 e. The van der Waals surface area contributed by atoms with Crippen LogP contribution in [-0.4, -0.2) is 20.2 Å². The number of aromatic nitrogens is 4. The smallest absolute Gasteiger partial charge is 0.284 e. The molecule has 0 atom stereocenters. The van der Waals surface area contributed by atoms with Crippen LogP contribution in [0.15, 0.2) is 55.4 Å². The molecule has 3 aromatic heterocycles. The average Bonchev–Trinajstić information content (AvgIpc) is 3.25. The lowest BCUT2D eigenvalue weighted by Crippen LogP contribution is -2.11. The number of fused-ring (bicyclic) bond motifs is 1. The van der Waals surface area contributed by atoms with Gasteiger partial charge in [-0.1, -0.05) is 23.9 Å². The highest BCUT2D eigenvalue weighted by molar-refractivity contribution is 7.98. The highest BCUT2D eigenvalue weighted by Gasteiger charge is 2.12. The Balaban J connectivity index is 1.57. The van der Waals surface area contributed by atoms with Gasteiger partial charge in [-0.3, -0.25) is 4.79 Å². The number of nitrogens with zero attached hydrogens (tertiary/aromatic N) is 3. The van der Waals surface area contributed by atoms with Gasteiger partial charge in [-0.05, 0) is 30.7 Å². The molecule has 1 N–H and O–H groups in total. The van der Waals surface area contributed by atoms with Crippen LogP contribution in [-0.2, 0) is 5.75 Å². The monoisotopic (exact) mass is 340 g/mol. The molecule has 24 heavy (non-hydrogen) atoms. The first-order chi connectivity index (χ1) is 11.7. The number of para-hydroxylation sites is 1. The molecule has 0 aliphatic heterocycles. The Morgan fingerprint density at radius 1 is 1.21 bits per heavy atom. The third-order valence-electron chi connectivity index (χ3n) is 3.46. The van der Waals surface area contributed by atoms with Crippen LogP contribution >= 0.6 is 11.8 Å². The van der Waals surface area contributed by atoms with Gasteiger partial charge in [0.25, 0.3) is 16.7 Å². The molecule has 0 amide bonds. The molecule has 0 bridgehead atoms. The minimum atomic E-state index is -0.152. The number of hydrogen-bond acceptors (Lipinski definition) is 7. The van der Waals surface area contributed by atoms with E-state index in [1.807, 2.05) is 19.1 Å². The lowest BCUT2D eigenvalue weighted by Gasteiger charge is -2.03. The van der Waals surface area contributed by atoms with Crippen molar-refractivity contribution >= 4 is 22.7 Å². The number of hydrogen-bond donors (Lipinski definition) is 1. The van der Waals surface area contributed by atoms with Gasteiger partial charge in [0.1, 0.15) is 5.82 Å². The van der Waals surface area contributed by atoms with E-state index in [2.05, 4.69) is 20.2 Å². The molecule has 4 aromatic rings. The van der Waals surface area contributed by atoms with Crippen LogP contribution < -0.4 is 5.56 Å². The van der Waals surface area contributed by atoms with E-state index < -0.39 is 0 Å². The number of benzene rings is 1. The van der Waals surface area contributed by atoms with Gasteiger partial charge in [0.15, 0.2) is 5.76 Å². The summed E-state index contributed by atoms with van der Waals surface area (Å²) in [6.07, 6.45) is 1.54. The van der Waals surface area contributed by atoms with Gasteiger partial charge in [-0.25, -0.2) is 4.98 Å². The Kier molecular flexibility index (Phi) is 3.66. The number of H-pyrrole nitrogens is 1. The van der Waals surface area contributed by atoms with E-state index in [0.29, 0.717) is 39.4 Å². The number of aromatic amines is 1. The van der Waals surface area contributed by atoms with E-state index in [4.69, 9.17) is 8.83 Å². The zero-order chi connectivity index (χ0) is 16.5. The molecule has 0 aliphatic carbocycles. The predicted molar refractivity (Wildman–Crippen MR) is 88.7 cm³/mol. The van der Waals surface area contributed by atoms with Gasteiger partial charge in [0.05, 0.1) is 22.9 Å². The van der Waals surface area contributed by atoms with E-state index in [0.717, 1.165) is 5.56 Å². The third-order valence-corrected chi connectivity index (χ3v) is 4.29. The molecule has 8 heteroatoms.